The molecule has 0 aromatic heterocycles. The molecule has 1 saturated carbocycles. The first-order valence-electron chi connectivity index (χ1n) is 8.06. The quantitative estimate of drug-likeness (QED) is 0.747. The Morgan fingerprint density at radius 1 is 1.24 bits per heavy atom. The van der Waals surface area contributed by atoms with Gasteiger partial charge in [0.05, 0.1) is 17.8 Å². The van der Waals surface area contributed by atoms with Gasteiger partial charge in [0.1, 0.15) is 5.75 Å². The summed E-state index contributed by atoms with van der Waals surface area (Å²) in [5.74, 6) is 1.70. The number of ether oxygens (including phenoxy) is 1. The molecule has 3 heteroatoms. The highest BCUT2D eigenvalue weighted by Crippen LogP contribution is 2.41. The molecule has 0 bridgehead atoms. The zero-order valence-corrected chi connectivity index (χ0v) is 14.5. The van der Waals surface area contributed by atoms with Crippen LogP contribution in [0, 0.1) is 11.3 Å². The van der Waals surface area contributed by atoms with Gasteiger partial charge in [-0.25, -0.2) is 0 Å². The van der Waals surface area contributed by atoms with E-state index in [0.29, 0.717) is 11.5 Å². The fraction of sp³-hybridized carbons (Fsp3) is 0.667. The van der Waals surface area contributed by atoms with Crippen LogP contribution in [-0.2, 0) is 0 Å². The lowest BCUT2D eigenvalue weighted by atomic mass is 9.69. The van der Waals surface area contributed by atoms with Crippen molar-refractivity contribution >= 4 is 17.3 Å². The van der Waals surface area contributed by atoms with Crippen LogP contribution in [0.1, 0.15) is 52.9 Å². The molecule has 0 heterocycles. The lowest BCUT2D eigenvalue weighted by Crippen LogP contribution is -2.32. The molecular formula is C18H28ClNO. The Balaban J connectivity index is 1.95. The molecular weight excluding hydrogens is 282 g/mol. The van der Waals surface area contributed by atoms with Gasteiger partial charge in [0.15, 0.2) is 0 Å². The monoisotopic (exact) mass is 309 g/mol. The molecule has 0 amide bonds. The normalized spacial score (nSPS) is 22.9. The van der Waals surface area contributed by atoms with E-state index < -0.39 is 0 Å². The van der Waals surface area contributed by atoms with Crippen molar-refractivity contribution in [3.8, 4) is 5.75 Å². The molecule has 1 aliphatic rings. The summed E-state index contributed by atoms with van der Waals surface area (Å²) in [7, 11) is 1.69. The van der Waals surface area contributed by atoms with Gasteiger partial charge >= 0.3 is 0 Å². The fourth-order valence-corrected chi connectivity index (χ4v) is 3.44. The van der Waals surface area contributed by atoms with E-state index in [1.807, 2.05) is 18.2 Å². The molecule has 118 valence electrons. The lowest BCUT2D eigenvalue weighted by molar-refractivity contribution is 0.147. The minimum Gasteiger partial charge on any atom is -0.497 e. The van der Waals surface area contributed by atoms with Gasteiger partial charge in [-0.1, -0.05) is 38.8 Å². The van der Waals surface area contributed by atoms with E-state index in [9.17, 15) is 0 Å². The third kappa shape index (κ3) is 4.06. The summed E-state index contributed by atoms with van der Waals surface area (Å²) in [6.07, 6.45) is 6.32. The molecule has 0 atom stereocenters. The predicted octanol–water partition coefficient (Wildman–Crippen LogP) is 5.76. The van der Waals surface area contributed by atoms with Crippen molar-refractivity contribution in [2.24, 2.45) is 11.3 Å². The minimum atomic E-state index is 0.471. The van der Waals surface area contributed by atoms with E-state index in [4.69, 9.17) is 16.3 Å². The molecule has 0 aliphatic heterocycles. The molecule has 1 fully saturated rings. The summed E-state index contributed by atoms with van der Waals surface area (Å²) in [5, 5.41) is 4.37. The summed E-state index contributed by atoms with van der Waals surface area (Å²) < 4.78 is 5.28. The molecule has 1 N–H and O–H groups in total. The third-order valence-electron chi connectivity index (χ3n) is 5.28. The van der Waals surface area contributed by atoms with Crippen molar-refractivity contribution in [1.82, 2.24) is 0 Å². The van der Waals surface area contributed by atoms with Gasteiger partial charge in [0.25, 0.3) is 0 Å². The Bertz CT molecular complexity index is 464. The lowest BCUT2D eigenvalue weighted by Gasteiger charge is -2.39. The highest BCUT2D eigenvalue weighted by molar-refractivity contribution is 6.33. The average molecular weight is 310 g/mol. The van der Waals surface area contributed by atoms with E-state index >= 15 is 0 Å². The van der Waals surface area contributed by atoms with Crippen molar-refractivity contribution in [2.75, 3.05) is 12.4 Å². The summed E-state index contributed by atoms with van der Waals surface area (Å²) in [6.45, 7) is 7.12. The van der Waals surface area contributed by atoms with E-state index in [1.165, 1.54) is 32.1 Å². The smallest absolute Gasteiger partial charge is 0.121 e. The maximum atomic E-state index is 6.28. The maximum absolute atomic E-state index is 6.28. The van der Waals surface area contributed by atoms with Crippen LogP contribution in [0.4, 0.5) is 5.69 Å². The fourth-order valence-electron chi connectivity index (χ4n) is 3.27. The Labute approximate surface area is 134 Å². The van der Waals surface area contributed by atoms with Gasteiger partial charge < -0.3 is 10.1 Å². The van der Waals surface area contributed by atoms with Crippen LogP contribution >= 0.6 is 11.6 Å². The van der Waals surface area contributed by atoms with Gasteiger partial charge in [0.2, 0.25) is 0 Å². The SMILES string of the molecule is CCC(C)(C)C1CCC(Nc2cc(OC)ccc2Cl)CC1. The molecule has 21 heavy (non-hydrogen) atoms. The second-order valence-corrected chi connectivity index (χ2v) is 7.29. The van der Waals surface area contributed by atoms with E-state index in [1.54, 1.807) is 7.11 Å². The molecule has 0 unspecified atom stereocenters. The molecule has 2 nitrogen and oxygen atoms in total. The van der Waals surface area contributed by atoms with Gasteiger partial charge in [0, 0.05) is 12.1 Å². The standard InChI is InChI=1S/C18H28ClNO/c1-5-18(2,3)13-6-8-14(9-7-13)20-17-12-15(21-4)10-11-16(17)19/h10-14,20H,5-9H2,1-4H3. The van der Waals surface area contributed by atoms with Crippen LogP contribution in [0.15, 0.2) is 18.2 Å². The maximum Gasteiger partial charge on any atom is 0.121 e. The number of benzene rings is 1. The summed E-state index contributed by atoms with van der Waals surface area (Å²) >= 11 is 6.28. The highest BCUT2D eigenvalue weighted by atomic mass is 35.5. The minimum absolute atomic E-state index is 0.471. The predicted molar refractivity (Wildman–Crippen MR) is 91.4 cm³/mol. The first-order valence-corrected chi connectivity index (χ1v) is 8.44. The number of anilines is 1. The topological polar surface area (TPSA) is 21.3 Å². The average Bonchev–Trinajstić information content (AvgIpc) is 2.50. The summed E-state index contributed by atoms with van der Waals surface area (Å²) in [4.78, 5) is 0. The molecule has 0 spiro atoms. The zero-order chi connectivity index (χ0) is 15.5. The first kappa shape index (κ1) is 16.5. The zero-order valence-electron chi connectivity index (χ0n) is 13.7. The largest absolute Gasteiger partial charge is 0.497 e. The number of hydrogen-bond donors (Lipinski definition) is 1. The van der Waals surface area contributed by atoms with Gasteiger partial charge in [-0.2, -0.15) is 0 Å². The summed E-state index contributed by atoms with van der Waals surface area (Å²) in [5.41, 5.74) is 1.47. The molecule has 0 saturated heterocycles. The van der Waals surface area contributed by atoms with Gasteiger partial charge in [-0.05, 0) is 49.1 Å². The van der Waals surface area contributed by atoms with Crippen LogP contribution in [-0.4, -0.2) is 13.2 Å². The Kier molecular flexibility index (Phi) is 5.43. The summed E-state index contributed by atoms with van der Waals surface area (Å²) in [6, 6.07) is 6.31. The van der Waals surface area contributed by atoms with Crippen molar-refractivity contribution in [3.05, 3.63) is 23.2 Å². The van der Waals surface area contributed by atoms with Crippen LogP contribution in [0.2, 0.25) is 5.02 Å². The molecule has 2 rings (SSSR count). The second-order valence-electron chi connectivity index (χ2n) is 6.88. The molecule has 1 aliphatic carbocycles. The highest BCUT2D eigenvalue weighted by Gasteiger charge is 2.31. The van der Waals surface area contributed by atoms with E-state index in [0.717, 1.165) is 22.4 Å². The van der Waals surface area contributed by atoms with Crippen molar-refractivity contribution in [2.45, 2.75) is 58.9 Å². The van der Waals surface area contributed by atoms with Crippen LogP contribution in [0.3, 0.4) is 0 Å². The van der Waals surface area contributed by atoms with E-state index in [-0.39, 0.29) is 0 Å². The number of hydrogen-bond acceptors (Lipinski definition) is 2. The van der Waals surface area contributed by atoms with Crippen molar-refractivity contribution < 1.29 is 4.74 Å². The van der Waals surface area contributed by atoms with Gasteiger partial charge in [-0.15, -0.1) is 0 Å². The number of halogens is 1. The Hall–Kier alpha value is -0.890. The van der Waals surface area contributed by atoms with Gasteiger partial charge in [-0.3, -0.25) is 0 Å². The molecule has 1 aromatic carbocycles. The third-order valence-corrected chi connectivity index (χ3v) is 5.61. The van der Waals surface area contributed by atoms with Crippen molar-refractivity contribution in [1.29, 1.82) is 0 Å². The van der Waals surface area contributed by atoms with Crippen LogP contribution in [0.25, 0.3) is 0 Å². The van der Waals surface area contributed by atoms with Crippen molar-refractivity contribution in [3.63, 3.8) is 0 Å². The van der Waals surface area contributed by atoms with Crippen LogP contribution < -0.4 is 10.1 Å². The number of rotatable bonds is 5. The van der Waals surface area contributed by atoms with Crippen LogP contribution in [0.5, 0.6) is 5.75 Å². The Morgan fingerprint density at radius 3 is 2.48 bits per heavy atom. The van der Waals surface area contributed by atoms with E-state index in [2.05, 4.69) is 26.1 Å². The second kappa shape index (κ2) is 6.91. The molecule has 1 aromatic rings. The number of methoxy groups -OCH3 is 1. The molecule has 0 radical (unpaired) electrons. The Morgan fingerprint density at radius 2 is 1.90 bits per heavy atom. The first-order chi connectivity index (χ1) is 9.96. The number of nitrogens with one attached hydrogen (secondary N) is 1.